The van der Waals surface area contributed by atoms with Crippen LogP contribution < -0.4 is 20.9 Å². The van der Waals surface area contributed by atoms with E-state index in [9.17, 15) is 26.0 Å². The number of fused-ring (bicyclic) bond motifs is 1. The maximum absolute atomic E-state index is 14.3. The molecule has 4 N–H and O–H groups in total. The fourth-order valence-corrected chi connectivity index (χ4v) is 7.14. The fourth-order valence-electron chi connectivity index (χ4n) is 5.51. The molecule has 0 spiro atoms. The third-order valence-corrected chi connectivity index (χ3v) is 9.20. The number of halogens is 4. The van der Waals surface area contributed by atoms with Gasteiger partial charge in [-0.05, 0) is 25.7 Å². The predicted octanol–water partition coefficient (Wildman–Crippen LogP) is -0.110. The van der Waals surface area contributed by atoms with E-state index in [1.54, 1.807) is 12.1 Å². The van der Waals surface area contributed by atoms with Crippen LogP contribution >= 0.6 is 0 Å². The summed E-state index contributed by atoms with van der Waals surface area (Å²) in [6.45, 7) is -0.223. The molecular weight excluding hydrogens is 456 g/mol. The van der Waals surface area contributed by atoms with Gasteiger partial charge in [-0.25, -0.2) is 33.0 Å². The highest BCUT2D eigenvalue weighted by molar-refractivity contribution is 7.90. The average Bonchev–Trinajstić information content (AvgIpc) is 3.34. The van der Waals surface area contributed by atoms with Gasteiger partial charge < -0.3 is 4.74 Å². The number of methoxy groups -OCH3 is 1. The molecule has 14 heteroatoms. The lowest BCUT2D eigenvalue weighted by atomic mass is 9.80. The Labute approximate surface area is 185 Å². The SMILES string of the molecule is COC1CCC2C(F)NN(C)C2C1NS(=O)(=O)C1CCC(N2CC(C(F)(F)F)CN2)NC1. The quantitative estimate of drug-likeness (QED) is 0.315. The van der Waals surface area contributed by atoms with Crippen LogP contribution in [0.5, 0.6) is 0 Å². The number of piperidine rings is 1. The number of hydrogen-bond acceptors (Lipinski definition) is 8. The molecule has 4 fully saturated rings. The Morgan fingerprint density at radius 3 is 2.47 bits per heavy atom. The van der Waals surface area contributed by atoms with E-state index in [1.807, 2.05) is 0 Å². The smallest absolute Gasteiger partial charge is 0.380 e. The molecule has 32 heavy (non-hydrogen) atoms. The summed E-state index contributed by atoms with van der Waals surface area (Å²) in [5.41, 5.74) is 5.49. The summed E-state index contributed by atoms with van der Waals surface area (Å²) in [4.78, 5) is 0. The molecular formula is C18H32F4N6O3S. The zero-order valence-corrected chi connectivity index (χ0v) is 18.9. The van der Waals surface area contributed by atoms with Gasteiger partial charge in [0.05, 0.1) is 29.5 Å². The van der Waals surface area contributed by atoms with Gasteiger partial charge in [0.1, 0.15) is 0 Å². The van der Waals surface area contributed by atoms with Gasteiger partial charge in [0, 0.05) is 45.8 Å². The Balaban J connectivity index is 1.37. The molecule has 0 amide bonds. The first-order valence-corrected chi connectivity index (χ1v) is 12.5. The predicted molar refractivity (Wildman–Crippen MR) is 108 cm³/mol. The molecule has 1 aliphatic carbocycles. The molecule has 0 aromatic carbocycles. The number of nitrogens with zero attached hydrogens (tertiary/aromatic N) is 2. The Hall–Kier alpha value is -0.610. The van der Waals surface area contributed by atoms with Crippen molar-refractivity contribution in [1.82, 2.24) is 30.9 Å². The molecule has 0 aromatic rings. The topological polar surface area (TPSA) is 98.0 Å². The Bertz CT molecular complexity index is 766. The van der Waals surface area contributed by atoms with Crippen LogP contribution in [0.15, 0.2) is 0 Å². The Morgan fingerprint density at radius 1 is 1.12 bits per heavy atom. The number of sulfonamides is 1. The molecule has 4 rings (SSSR count). The number of likely N-dealkylation sites (N-methyl/N-ethyl adjacent to an activating group) is 1. The van der Waals surface area contributed by atoms with E-state index in [0.29, 0.717) is 25.7 Å². The van der Waals surface area contributed by atoms with Crippen LogP contribution in [0.2, 0.25) is 0 Å². The third-order valence-electron chi connectivity index (χ3n) is 7.32. The van der Waals surface area contributed by atoms with Crippen LogP contribution in [0.3, 0.4) is 0 Å². The highest BCUT2D eigenvalue weighted by Crippen LogP contribution is 2.37. The molecule has 3 saturated heterocycles. The zero-order chi connectivity index (χ0) is 23.3. The maximum atomic E-state index is 14.3. The maximum Gasteiger partial charge on any atom is 0.394 e. The van der Waals surface area contributed by atoms with Crippen molar-refractivity contribution in [1.29, 1.82) is 0 Å². The van der Waals surface area contributed by atoms with Crippen LogP contribution in [-0.2, 0) is 14.8 Å². The van der Waals surface area contributed by atoms with Crippen molar-refractivity contribution in [3.8, 4) is 0 Å². The Morgan fingerprint density at radius 2 is 1.88 bits per heavy atom. The lowest BCUT2D eigenvalue weighted by Crippen LogP contribution is -2.62. The number of alkyl halides is 4. The summed E-state index contributed by atoms with van der Waals surface area (Å²) < 4.78 is 87.8. The van der Waals surface area contributed by atoms with Crippen LogP contribution in [0.4, 0.5) is 17.6 Å². The molecule has 8 unspecified atom stereocenters. The van der Waals surface area contributed by atoms with E-state index in [1.165, 1.54) is 12.1 Å². The minimum Gasteiger partial charge on any atom is -0.380 e. The zero-order valence-electron chi connectivity index (χ0n) is 18.1. The molecule has 4 aliphatic rings. The molecule has 3 aliphatic heterocycles. The minimum atomic E-state index is -4.26. The number of ether oxygens (including phenoxy) is 1. The van der Waals surface area contributed by atoms with Crippen molar-refractivity contribution in [2.75, 3.05) is 33.8 Å². The van der Waals surface area contributed by atoms with E-state index in [-0.39, 0.29) is 43.9 Å². The van der Waals surface area contributed by atoms with E-state index in [2.05, 4.69) is 20.9 Å². The van der Waals surface area contributed by atoms with Crippen LogP contribution in [0.1, 0.15) is 25.7 Å². The van der Waals surface area contributed by atoms with Gasteiger partial charge in [-0.15, -0.1) is 0 Å². The van der Waals surface area contributed by atoms with Crippen molar-refractivity contribution < 1.29 is 30.7 Å². The largest absolute Gasteiger partial charge is 0.394 e. The van der Waals surface area contributed by atoms with Gasteiger partial charge in [0.15, 0.2) is 6.30 Å². The molecule has 0 radical (unpaired) electrons. The number of hydrazine groups is 2. The van der Waals surface area contributed by atoms with Gasteiger partial charge in [0.25, 0.3) is 0 Å². The van der Waals surface area contributed by atoms with Crippen LogP contribution in [0.25, 0.3) is 0 Å². The summed E-state index contributed by atoms with van der Waals surface area (Å²) in [6, 6.07) is -0.983. The van der Waals surface area contributed by atoms with Crippen molar-refractivity contribution in [3.05, 3.63) is 0 Å². The number of rotatable bonds is 5. The molecule has 1 saturated carbocycles. The van der Waals surface area contributed by atoms with Gasteiger partial charge in [0.2, 0.25) is 10.0 Å². The van der Waals surface area contributed by atoms with Gasteiger partial charge in [-0.2, -0.15) is 13.2 Å². The third kappa shape index (κ3) is 4.78. The van der Waals surface area contributed by atoms with Crippen molar-refractivity contribution in [2.45, 2.75) is 67.8 Å². The second-order valence-electron chi connectivity index (χ2n) is 9.21. The van der Waals surface area contributed by atoms with E-state index < -0.39 is 39.7 Å². The minimum absolute atomic E-state index is 0.118. The van der Waals surface area contributed by atoms with Crippen LogP contribution in [-0.4, -0.2) is 94.3 Å². The highest BCUT2D eigenvalue weighted by Gasteiger charge is 2.52. The lowest BCUT2D eigenvalue weighted by Gasteiger charge is -2.42. The standard InChI is InChI=1S/C18H32F4N6O3S/c1-27-16-12(17(19)25-27)4-5-13(31-2)15(16)26-32(29,30)11-3-6-14(23-8-11)28-9-10(7-24-28)18(20,21)22/h10-17,23-26H,3-9H2,1-2H3. The molecule has 0 bridgehead atoms. The van der Waals surface area contributed by atoms with Gasteiger partial charge in [-0.3, -0.25) is 10.7 Å². The van der Waals surface area contributed by atoms with Crippen molar-refractivity contribution in [3.63, 3.8) is 0 Å². The number of nitrogens with one attached hydrogen (secondary N) is 4. The van der Waals surface area contributed by atoms with Gasteiger partial charge >= 0.3 is 6.18 Å². The molecule has 186 valence electrons. The second-order valence-corrected chi connectivity index (χ2v) is 11.2. The molecule has 0 aromatic heterocycles. The highest BCUT2D eigenvalue weighted by atomic mass is 32.2. The second kappa shape index (κ2) is 9.21. The van der Waals surface area contributed by atoms with E-state index in [0.717, 1.165) is 0 Å². The van der Waals surface area contributed by atoms with Crippen molar-refractivity contribution >= 4 is 10.0 Å². The summed E-state index contributed by atoms with van der Waals surface area (Å²) in [5.74, 6) is -1.77. The van der Waals surface area contributed by atoms with Crippen LogP contribution in [0, 0.1) is 11.8 Å². The first-order valence-electron chi connectivity index (χ1n) is 11.0. The summed E-state index contributed by atoms with van der Waals surface area (Å²) >= 11 is 0. The first kappa shape index (κ1) is 24.5. The Kier molecular flexibility index (Phi) is 7.05. The van der Waals surface area contributed by atoms with Crippen molar-refractivity contribution in [2.24, 2.45) is 11.8 Å². The van der Waals surface area contributed by atoms with E-state index >= 15 is 0 Å². The summed E-state index contributed by atoms with van der Waals surface area (Å²) in [5, 5.41) is 5.48. The summed E-state index contributed by atoms with van der Waals surface area (Å²) in [7, 11) is -0.560. The molecule has 8 atom stereocenters. The lowest BCUT2D eigenvalue weighted by molar-refractivity contribution is -0.167. The number of hydrogen-bond donors (Lipinski definition) is 4. The molecule has 9 nitrogen and oxygen atoms in total. The summed E-state index contributed by atoms with van der Waals surface area (Å²) in [6.07, 6.45) is -4.40. The van der Waals surface area contributed by atoms with Gasteiger partial charge in [-0.1, -0.05) is 0 Å². The van der Waals surface area contributed by atoms with E-state index in [4.69, 9.17) is 4.74 Å². The average molecular weight is 489 g/mol. The molecule has 3 heterocycles. The normalized spacial score (nSPS) is 42.3. The first-order chi connectivity index (χ1) is 15.0. The monoisotopic (exact) mass is 488 g/mol. The fraction of sp³-hybridized carbons (Fsp3) is 1.00.